The number of methoxy groups -OCH3 is 2. The molecule has 0 aliphatic carbocycles. The number of carbonyl (C=O) groups is 3. The van der Waals surface area contributed by atoms with Crippen LogP contribution in [0, 0.1) is 0 Å². The van der Waals surface area contributed by atoms with Crippen LogP contribution in [0.1, 0.15) is 23.6 Å². The van der Waals surface area contributed by atoms with Crippen molar-refractivity contribution in [2.75, 3.05) is 32.7 Å². The van der Waals surface area contributed by atoms with E-state index in [0.717, 1.165) is 12.0 Å². The quantitative estimate of drug-likeness (QED) is 0.187. The lowest BCUT2D eigenvalue weighted by atomic mass is 10.1. The van der Waals surface area contributed by atoms with Gasteiger partial charge in [-0.3, -0.25) is 14.4 Å². The van der Waals surface area contributed by atoms with Crippen LogP contribution in [0.15, 0.2) is 71.8 Å². The largest absolute Gasteiger partial charge is 0.493 e. The third-order valence-corrected chi connectivity index (χ3v) is 5.63. The average molecular weight is 533 g/mol. The summed E-state index contributed by atoms with van der Waals surface area (Å²) < 4.78 is 16.0. The number of anilines is 1. The highest BCUT2D eigenvalue weighted by Gasteiger charge is 2.12. The van der Waals surface area contributed by atoms with E-state index in [1.54, 1.807) is 44.6 Å². The second kappa shape index (κ2) is 14.8. The molecule has 0 saturated carbocycles. The summed E-state index contributed by atoms with van der Waals surface area (Å²) >= 11 is 0. The second-order valence-corrected chi connectivity index (χ2v) is 8.35. The summed E-state index contributed by atoms with van der Waals surface area (Å²) in [6, 6.07) is 19.8. The first-order chi connectivity index (χ1) is 18.9. The molecule has 0 aliphatic heterocycles. The minimum Gasteiger partial charge on any atom is -0.493 e. The monoisotopic (exact) mass is 532 g/mol. The van der Waals surface area contributed by atoms with Crippen molar-refractivity contribution in [1.82, 2.24) is 10.7 Å². The predicted octanol–water partition coefficient (Wildman–Crippen LogP) is 3.09. The molecule has 10 heteroatoms. The number of nitrogens with one attached hydrogen (secondary N) is 3. The predicted molar refractivity (Wildman–Crippen MR) is 148 cm³/mol. The van der Waals surface area contributed by atoms with Gasteiger partial charge in [0.15, 0.2) is 18.1 Å². The molecule has 3 rings (SSSR count). The maximum Gasteiger partial charge on any atom is 0.329 e. The van der Waals surface area contributed by atoms with Crippen molar-refractivity contribution >= 4 is 29.6 Å². The summed E-state index contributed by atoms with van der Waals surface area (Å²) in [7, 11) is 3.10. The van der Waals surface area contributed by atoms with Gasteiger partial charge in [-0.15, -0.1) is 0 Å². The van der Waals surface area contributed by atoms with E-state index in [-0.39, 0.29) is 19.1 Å². The van der Waals surface area contributed by atoms with Crippen LogP contribution in [-0.4, -0.2) is 51.3 Å². The fraction of sp³-hybridized carbons (Fsp3) is 0.241. The molecule has 0 atom stereocenters. The molecule has 0 spiro atoms. The summed E-state index contributed by atoms with van der Waals surface area (Å²) in [5, 5.41) is 9.15. The van der Waals surface area contributed by atoms with Crippen LogP contribution in [0.25, 0.3) is 0 Å². The van der Waals surface area contributed by atoms with Gasteiger partial charge in [0.1, 0.15) is 5.75 Å². The van der Waals surface area contributed by atoms with Crippen LogP contribution in [0.5, 0.6) is 17.2 Å². The number of hydrogen-bond donors (Lipinski definition) is 3. The number of amides is 3. The van der Waals surface area contributed by atoms with E-state index < -0.39 is 11.8 Å². The molecule has 0 fully saturated rings. The Morgan fingerprint density at radius 1 is 0.846 bits per heavy atom. The summed E-state index contributed by atoms with van der Waals surface area (Å²) in [6.45, 7) is 2.19. The lowest BCUT2D eigenvalue weighted by Gasteiger charge is -2.10. The van der Waals surface area contributed by atoms with E-state index in [1.807, 2.05) is 36.4 Å². The zero-order valence-corrected chi connectivity index (χ0v) is 22.2. The number of rotatable bonds is 12. The summed E-state index contributed by atoms with van der Waals surface area (Å²) in [4.78, 5) is 36.1. The van der Waals surface area contributed by atoms with Gasteiger partial charge in [-0.25, -0.2) is 5.43 Å². The number of benzene rings is 3. The minimum atomic E-state index is -0.881. The first-order valence-electron chi connectivity index (χ1n) is 12.4. The van der Waals surface area contributed by atoms with Crippen molar-refractivity contribution in [2.24, 2.45) is 5.10 Å². The number of ether oxygens (including phenoxy) is 3. The van der Waals surface area contributed by atoms with Gasteiger partial charge in [0.05, 0.1) is 20.4 Å². The number of hydrazone groups is 1. The molecule has 204 valence electrons. The molecule has 3 aromatic rings. The van der Waals surface area contributed by atoms with Crippen LogP contribution >= 0.6 is 0 Å². The fourth-order valence-corrected chi connectivity index (χ4v) is 3.47. The van der Waals surface area contributed by atoms with Gasteiger partial charge < -0.3 is 24.8 Å². The van der Waals surface area contributed by atoms with E-state index in [1.165, 1.54) is 11.8 Å². The smallest absolute Gasteiger partial charge is 0.329 e. The van der Waals surface area contributed by atoms with Crippen LogP contribution in [0.4, 0.5) is 5.69 Å². The zero-order valence-electron chi connectivity index (χ0n) is 22.2. The van der Waals surface area contributed by atoms with Gasteiger partial charge in [-0.2, -0.15) is 5.10 Å². The van der Waals surface area contributed by atoms with Gasteiger partial charge in [0.25, 0.3) is 5.91 Å². The topological polar surface area (TPSA) is 127 Å². The van der Waals surface area contributed by atoms with Crippen LogP contribution in [-0.2, 0) is 27.2 Å². The number of aryl methyl sites for hydroxylation is 1. The first-order valence-corrected chi connectivity index (χ1v) is 12.4. The summed E-state index contributed by atoms with van der Waals surface area (Å²) in [5.41, 5.74) is 5.68. The van der Waals surface area contributed by atoms with Crippen LogP contribution in [0.2, 0.25) is 0 Å². The van der Waals surface area contributed by atoms with Crippen molar-refractivity contribution < 1.29 is 28.6 Å². The molecule has 0 saturated heterocycles. The Morgan fingerprint density at radius 2 is 1.54 bits per heavy atom. The van der Waals surface area contributed by atoms with E-state index in [4.69, 9.17) is 14.2 Å². The van der Waals surface area contributed by atoms with E-state index in [2.05, 4.69) is 28.1 Å². The highest BCUT2D eigenvalue weighted by molar-refractivity contribution is 6.35. The minimum absolute atomic E-state index is 0.139. The van der Waals surface area contributed by atoms with Gasteiger partial charge in [0.2, 0.25) is 0 Å². The molecule has 3 amide bonds. The lowest BCUT2D eigenvalue weighted by molar-refractivity contribution is -0.139. The Morgan fingerprint density at radius 3 is 2.21 bits per heavy atom. The molecule has 10 nitrogen and oxygen atoms in total. The van der Waals surface area contributed by atoms with Crippen molar-refractivity contribution in [3.63, 3.8) is 0 Å². The van der Waals surface area contributed by atoms with Crippen molar-refractivity contribution in [1.29, 1.82) is 0 Å². The van der Waals surface area contributed by atoms with Crippen LogP contribution in [0.3, 0.4) is 0 Å². The zero-order chi connectivity index (χ0) is 28.0. The Kier molecular flexibility index (Phi) is 10.9. The van der Waals surface area contributed by atoms with E-state index in [0.29, 0.717) is 34.9 Å². The Bertz CT molecular complexity index is 1290. The lowest BCUT2D eigenvalue weighted by Crippen LogP contribution is -2.38. The molecule has 3 aromatic carbocycles. The molecule has 0 heterocycles. The molecule has 0 bridgehead atoms. The van der Waals surface area contributed by atoms with Gasteiger partial charge >= 0.3 is 11.8 Å². The molecule has 0 radical (unpaired) electrons. The molecule has 0 unspecified atom stereocenters. The van der Waals surface area contributed by atoms with Gasteiger partial charge in [-0.1, -0.05) is 25.1 Å². The van der Waals surface area contributed by atoms with Gasteiger partial charge in [0, 0.05) is 12.2 Å². The summed E-state index contributed by atoms with van der Waals surface area (Å²) in [6.07, 6.45) is 2.83. The van der Waals surface area contributed by atoms with E-state index in [9.17, 15) is 14.4 Å². The average Bonchev–Trinajstić information content (AvgIpc) is 2.96. The van der Waals surface area contributed by atoms with Crippen molar-refractivity contribution in [2.45, 2.75) is 19.8 Å². The Balaban J connectivity index is 1.37. The number of hydrogen-bond acceptors (Lipinski definition) is 7. The number of carbonyl (C=O) groups excluding carboxylic acids is 3. The van der Waals surface area contributed by atoms with Crippen molar-refractivity contribution in [3.8, 4) is 17.2 Å². The maximum atomic E-state index is 12.1. The SMILES string of the molecule is CCc1ccc(NC(=O)COc2ccc(/C=N\NC(=O)C(=O)NCCc3ccc(OC)c(OC)c3)cc2)cc1. The standard InChI is InChI=1S/C29H32N4O6/c1-4-20-5-10-23(11-6-20)32-27(34)19-39-24-12-7-22(8-13-24)18-31-33-29(36)28(35)30-16-15-21-9-14-25(37-2)26(17-21)38-3/h5-14,17-18H,4,15-16,19H2,1-3H3,(H,30,35)(H,32,34)(H,33,36)/b31-18-. The normalized spacial score (nSPS) is 10.5. The molecular formula is C29H32N4O6. The van der Waals surface area contributed by atoms with E-state index >= 15 is 0 Å². The van der Waals surface area contributed by atoms with Crippen LogP contribution < -0.4 is 30.3 Å². The van der Waals surface area contributed by atoms with Gasteiger partial charge in [-0.05, 0) is 78.1 Å². The fourth-order valence-electron chi connectivity index (χ4n) is 3.47. The molecule has 39 heavy (non-hydrogen) atoms. The summed E-state index contributed by atoms with van der Waals surface area (Å²) in [5.74, 6) is -0.241. The molecule has 0 aliphatic rings. The third-order valence-electron chi connectivity index (χ3n) is 5.63. The second-order valence-electron chi connectivity index (χ2n) is 8.35. The Labute approximate surface area is 227 Å². The third kappa shape index (κ3) is 9.19. The molecule has 3 N–H and O–H groups in total. The first kappa shape index (κ1) is 28.7. The maximum absolute atomic E-state index is 12.1. The molecular weight excluding hydrogens is 500 g/mol. The highest BCUT2D eigenvalue weighted by atomic mass is 16.5. The highest BCUT2D eigenvalue weighted by Crippen LogP contribution is 2.27. The number of nitrogens with zero attached hydrogens (tertiary/aromatic N) is 1. The molecule has 0 aromatic heterocycles. The Hall–Kier alpha value is -4.86. The van der Waals surface area contributed by atoms with Crippen molar-refractivity contribution in [3.05, 3.63) is 83.4 Å².